The van der Waals surface area contributed by atoms with Gasteiger partial charge in [-0.2, -0.15) is 4.98 Å². The second-order valence-corrected chi connectivity index (χ2v) is 4.33. The molecule has 6 nitrogen and oxygen atoms in total. The van der Waals surface area contributed by atoms with Crippen LogP contribution in [0.2, 0.25) is 0 Å². The Bertz CT molecular complexity index is 654. The van der Waals surface area contributed by atoms with E-state index in [0.717, 1.165) is 12.8 Å². The van der Waals surface area contributed by atoms with E-state index in [2.05, 4.69) is 9.97 Å². The van der Waals surface area contributed by atoms with Crippen LogP contribution in [0.3, 0.4) is 0 Å². The average molecular weight is 245 g/mol. The molecular weight excluding hydrogens is 234 g/mol. The van der Waals surface area contributed by atoms with E-state index in [1.165, 1.54) is 10.8 Å². The van der Waals surface area contributed by atoms with Gasteiger partial charge in [-0.15, -0.1) is 0 Å². The number of nitrogens with one attached hydrogen (secondary N) is 1. The molecule has 92 valence electrons. The topological polar surface area (TPSA) is 88.0 Å². The highest BCUT2D eigenvalue weighted by molar-refractivity contribution is 5.94. The largest absolute Gasteiger partial charge is 0.478 e. The van der Waals surface area contributed by atoms with Crippen LogP contribution in [-0.4, -0.2) is 25.6 Å². The van der Waals surface area contributed by atoms with Crippen molar-refractivity contribution < 1.29 is 9.90 Å². The molecule has 0 amide bonds. The van der Waals surface area contributed by atoms with Crippen LogP contribution in [0.4, 0.5) is 0 Å². The summed E-state index contributed by atoms with van der Waals surface area (Å²) in [6.07, 6.45) is 6.50. The molecule has 0 bridgehead atoms. The Labute approximate surface area is 102 Å². The minimum atomic E-state index is -1.08. The van der Waals surface area contributed by atoms with Crippen LogP contribution in [-0.2, 0) is 0 Å². The van der Waals surface area contributed by atoms with Gasteiger partial charge in [0.05, 0.1) is 5.69 Å². The van der Waals surface area contributed by atoms with Crippen LogP contribution >= 0.6 is 0 Å². The van der Waals surface area contributed by atoms with E-state index in [0.29, 0.717) is 5.56 Å². The number of aromatic amines is 1. The number of carboxylic acids is 1. The van der Waals surface area contributed by atoms with E-state index in [1.54, 1.807) is 18.5 Å². The Hall–Kier alpha value is -2.37. The van der Waals surface area contributed by atoms with Crippen molar-refractivity contribution in [2.75, 3.05) is 0 Å². The lowest BCUT2D eigenvalue weighted by Gasteiger charge is -2.07. The zero-order chi connectivity index (χ0) is 12.7. The van der Waals surface area contributed by atoms with E-state index < -0.39 is 11.7 Å². The molecule has 0 spiro atoms. The maximum absolute atomic E-state index is 11.8. The highest BCUT2D eigenvalue weighted by atomic mass is 16.4. The Morgan fingerprint density at radius 3 is 2.83 bits per heavy atom. The van der Waals surface area contributed by atoms with E-state index in [4.69, 9.17) is 0 Å². The number of aromatic nitrogens is 3. The lowest BCUT2D eigenvalue weighted by Crippen LogP contribution is -2.24. The zero-order valence-corrected chi connectivity index (χ0v) is 9.46. The van der Waals surface area contributed by atoms with Gasteiger partial charge in [-0.25, -0.2) is 9.59 Å². The molecule has 3 rings (SSSR count). The van der Waals surface area contributed by atoms with Crippen molar-refractivity contribution in [3.05, 3.63) is 40.7 Å². The van der Waals surface area contributed by atoms with Crippen molar-refractivity contribution in [3.63, 3.8) is 0 Å². The number of nitrogens with zero attached hydrogens (tertiary/aromatic N) is 2. The second-order valence-electron chi connectivity index (χ2n) is 4.33. The summed E-state index contributed by atoms with van der Waals surface area (Å²) in [4.78, 5) is 29.8. The minimum absolute atomic E-state index is 0.0566. The number of hydrogen-bond donors (Lipinski definition) is 2. The number of H-pyrrole nitrogens is 1. The van der Waals surface area contributed by atoms with Gasteiger partial charge in [0.15, 0.2) is 0 Å². The predicted molar refractivity (Wildman–Crippen MR) is 63.5 cm³/mol. The van der Waals surface area contributed by atoms with Gasteiger partial charge in [-0.3, -0.25) is 4.57 Å². The van der Waals surface area contributed by atoms with Crippen molar-refractivity contribution in [2.24, 2.45) is 0 Å². The summed E-state index contributed by atoms with van der Waals surface area (Å²) >= 11 is 0. The molecule has 1 fully saturated rings. The molecule has 0 radical (unpaired) electrons. The highest BCUT2D eigenvalue weighted by Crippen LogP contribution is 2.34. The van der Waals surface area contributed by atoms with Crippen molar-refractivity contribution in [3.8, 4) is 11.3 Å². The molecule has 0 aliphatic heterocycles. The third-order valence-electron chi connectivity index (χ3n) is 2.99. The molecule has 0 saturated heterocycles. The van der Waals surface area contributed by atoms with E-state index >= 15 is 0 Å². The SMILES string of the molecule is O=C(O)c1cn(C2CC2)c(=O)nc1-c1cc[nH]c1. The fourth-order valence-corrected chi connectivity index (χ4v) is 1.93. The molecule has 0 unspecified atom stereocenters. The Morgan fingerprint density at radius 1 is 1.50 bits per heavy atom. The lowest BCUT2D eigenvalue weighted by molar-refractivity contribution is 0.0696. The molecule has 0 atom stereocenters. The molecule has 1 aliphatic carbocycles. The van der Waals surface area contributed by atoms with E-state index in [-0.39, 0.29) is 17.3 Å². The summed E-state index contributed by atoms with van der Waals surface area (Å²) in [7, 11) is 0. The standard InChI is InChI=1S/C12H11N3O3/c16-11(17)9-6-15(8-1-2-8)12(18)14-10(9)7-3-4-13-5-7/h3-6,8,13H,1-2H2,(H,16,17). The highest BCUT2D eigenvalue weighted by Gasteiger charge is 2.27. The van der Waals surface area contributed by atoms with E-state index in [1.807, 2.05) is 0 Å². The van der Waals surface area contributed by atoms with Crippen molar-refractivity contribution in [2.45, 2.75) is 18.9 Å². The summed E-state index contributed by atoms with van der Waals surface area (Å²) < 4.78 is 1.42. The van der Waals surface area contributed by atoms with Gasteiger partial charge in [0.2, 0.25) is 0 Å². The Kier molecular flexibility index (Phi) is 2.29. The smallest absolute Gasteiger partial charge is 0.348 e. The van der Waals surface area contributed by atoms with Gasteiger partial charge in [0.25, 0.3) is 0 Å². The summed E-state index contributed by atoms with van der Waals surface area (Å²) in [6.45, 7) is 0. The normalized spacial score (nSPS) is 14.7. The zero-order valence-electron chi connectivity index (χ0n) is 9.46. The molecule has 2 heterocycles. The molecule has 0 aromatic carbocycles. The molecule has 2 aromatic heterocycles. The molecule has 6 heteroatoms. The monoisotopic (exact) mass is 245 g/mol. The third kappa shape index (κ3) is 1.71. The first-order valence-electron chi connectivity index (χ1n) is 5.66. The summed E-state index contributed by atoms with van der Waals surface area (Å²) in [5.74, 6) is -1.08. The number of carboxylic acid groups (broad SMARTS) is 1. The van der Waals surface area contributed by atoms with Crippen LogP contribution in [0.5, 0.6) is 0 Å². The number of carbonyl (C=O) groups is 1. The first-order valence-corrected chi connectivity index (χ1v) is 5.66. The van der Waals surface area contributed by atoms with Gasteiger partial charge >= 0.3 is 11.7 Å². The molecule has 2 N–H and O–H groups in total. The molecule has 1 saturated carbocycles. The maximum atomic E-state index is 11.8. The van der Waals surface area contributed by atoms with Crippen molar-refractivity contribution in [1.29, 1.82) is 0 Å². The van der Waals surface area contributed by atoms with Crippen molar-refractivity contribution >= 4 is 5.97 Å². The van der Waals surface area contributed by atoms with Gasteiger partial charge in [0.1, 0.15) is 5.56 Å². The number of aromatic carboxylic acids is 1. The van der Waals surface area contributed by atoms with Crippen molar-refractivity contribution in [1.82, 2.24) is 14.5 Å². The van der Waals surface area contributed by atoms with Gasteiger partial charge in [0, 0.05) is 30.2 Å². The number of rotatable bonds is 3. The predicted octanol–water partition coefficient (Wildman–Crippen LogP) is 1.27. The summed E-state index contributed by atoms with van der Waals surface area (Å²) in [6, 6.07) is 1.80. The summed E-state index contributed by atoms with van der Waals surface area (Å²) in [5.41, 5.74) is 0.484. The molecule has 2 aromatic rings. The van der Waals surface area contributed by atoms with Gasteiger partial charge in [-0.05, 0) is 18.9 Å². The average Bonchev–Trinajstić information content (AvgIpc) is 3.03. The van der Waals surface area contributed by atoms with Crippen LogP contribution in [0.1, 0.15) is 29.2 Å². The first kappa shape index (κ1) is 10.8. The first-order chi connectivity index (χ1) is 8.66. The minimum Gasteiger partial charge on any atom is -0.478 e. The second kappa shape index (κ2) is 3.83. The fourth-order valence-electron chi connectivity index (χ4n) is 1.93. The van der Waals surface area contributed by atoms with Crippen LogP contribution in [0.15, 0.2) is 29.5 Å². The van der Waals surface area contributed by atoms with Crippen LogP contribution < -0.4 is 5.69 Å². The summed E-state index contributed by atoms with van der Waals surface area (Å²) in [5, 5.41) is 9.22. The third-order valence-corrected chi connectivity index (χ3v) is 2.99. The van der Waals surface area contributed by atoms with Crippen LogP contribution in [0.25, 0.3) is 11.3 Å². The Morgan fingerprint density at radius 2 is 2.28 bits per heavy atom. The molecular formula is C12H11N3O3. The maximum Gasteiger partial charge on any atom is 0.348 e. The fraction of sp³-hybridized carbons (Fsp3) is 0.250. The van der Waals surface area contributed by atoms with Gasteiger partial charge in [-0.1, -0.05) is 0 Å². The molecule has 1 aliphatic rings. The quantitative estimate of drug-likeness (QED) is 0.852. The van der Waals surface area contributed by atoms with E-state index in [9.17, 15) is 14.7 Å². The number of hydrogen-bond acceptors (Lipinski definition) is 3. The van der Waals surface area contributed by atoms with Gasteiger partial charge < -0.3 is 10.1 Å². The Balaban J connectivity index is 2.21. The lowest BCUT2D eigenvalue weighted by atomic mass is 10.1. The van der Waals surface area contributed by atoms with Crippen LogP contribution in [0, 0.1) is 0 Å². The molecule has 18 heavy (non-hydrogen) atoms.